The number of oxime groups is 1. The summed E-state index contributed by atoms with van der Waals surface area (Å²) in [5.41, 5.74) is 1.75. The molecule has 164 valence electrons. The van der Waals surface area contributed by atoms with Crippen molar-refractivity contribution in [3.8, 4) is 5.75 Å². The third kappa shape index (κ3) is 4.92. The van der Waals surface area contributed by atoms with E-state index in [1.165, 1.54) is 24.8 Å². The van der Waals surface area contributed by atoms with Crippen molar-refractivity contribution in [2.75, 3.05) is 26.9 Å². The summed E-state index contributed by atoms with van der Waals surface area (Å²) in [5.74, 6) is -0.0996. The van der Waals surface area contributed by atoms with Gasteiger partial charge in [-0.3, -0.25) is 0 Å². The lowest BCUT2D eigenvalue weighted by molar-refractivity contribution is -0.140. The standard InChI is InChI=1S/C23H24FNO5S/c1-15(26)30-25-21-5-8-29-22-14-18(3-4-20(21)22)31-19-12-16(11-17(24)13-19)23(27-2)6-9-28-10-7-23/h3-4,11-14H,5-10H2,1-2H3/b25-21+. The fraction of sp³-hybridized carbons (Fsp3) is 0.391. The monoisotopic (exact) mass is 445 g/mol. The molecule has 2 aliphatic heterocycles. The Balaban J connectivity index is 1.59. The molecule has 1 saturated heterocycles. The highest BCUT2D eigenvalue weighted by Gasteiger charge is 2.35. The van der Waals surface area contributed by atoms with Crippen LogP contribution in [0.15, 0.2) is 51.3 Å². The number of ether oxygens (including phenoxy) is 3. The second kappa shape index (κ2) is 9.38. The van der Waals surface area contributed by atoms with Crippen LogP contribution in [-0.2, 0) is 24.7 Å². The van der Waals surface area contributed by atoms with Crippen molar-refractivity contribution in [1.29, 1.82) is 0 Å². The van der Waals surface area contributed by atoms with Crippen molar-refractivity contribution in [3.63, 3.8) is 0 Å². The molecule has 2 aliphatic rings. The fourth-order valence-corrected chi connectivity index (χ4v) is 4.79. The number of fused-ring (bicyclic) bond motifs is 1. The van der Waals surface area contributed by atoms with Crippen LogP contribution in [0.25, 0.3) is 0 Å². The fourth-order valence-electron chi connectivity index (χ4n) is 3.86. The molecule has 31 heavy (non-hydrogen) atoms. The Labute approximate surface area is 184 Å². The van der Waals surface area contributed by atoms with Crippen molar-refractivity contribution in [1.82, 2.24) is 0 Å². The molecule has 1 fully saturated rings. The molecule has 0 aromatic heterocycles. The number of halogens is 1. The Morgan fingerprint density at radius 3 is 2.68 bits per heavy atom. The third-order valence-electron chi connectivity index (χ3n) is 5.47. The normalized spacial score (nSPS) is 18.9. The second-order valence-electron chi connectivity index (χ2n) is 7.47. The smallest absolute Gasteiger partial charge is 0.331 e. The van der Waals surface area contributed by atoms with Crippen LogP contribution in [0.2, 0.25) is 0 Å². The summed E-state index contributed by atoms with van der Waals surface area (Å²) in [6.07, 6.45) is 1.94. The van der Waals surface area contributed by atoms with E-state index in [9.17, 15) is 9.18 Å². The molecule has 2 aromatic carbocycles. The quantitative estimate of drug-likeness (QED) is 0.492. The Morgan fingerprint density at radius 1 is 1.13 bits per heavy atom. The lowest BCUT2D eigenvalue weighted by Gasteiger charge is -2.36. The van der Waals surface area contributed by atoms with Gasteiger partial charge in [0.2, 0.25) is 0 Å². The molecule has 0 atom stereocenters. The highest BCUT2D eigenvalue weighted by molar-refractivity contribution is 7.99. The van der Waals surface area contributed by atoms with E-state index in [0.717, 1.165) is 20.9 Å². The van der Waals surface area contributed by atoms with Gasteiger partial charge in [-0.25, -0.2) is 9.18 Å². The van der Waals surface area contributed by atoms with Gasteiger partial charge in [-0.1, -0.05) is 16.9 Å². The van der Waals surface area contributed by atoms with E-state index in [-0.39, 0.29) is 5.82 Å². The molecule has 0 unspecified atom stereocenters. The van der Waals surface area contributed by atoms with Crippen LogP contribution in [0.1, 0.15) is 37.3 Å². The van der Waals surface area contributed by atoms with Gasteiger partial charge in [-0.15, -0.1) is 0 Å². The molecule has 4 rings (SSSR count). The van der Waals surface area contributed by atoms with E-state index in [2.05, 4.69) is 5.16 Å². The zero-order valence-electron chi connectivity index (χ0n) is 17.5. The van der Waals surface area contributed by atoms with Crippen molar-refractivity contribution in [2.45, 2.75) is 41.6 Å². The Hall–Kier alpha value is -2.42. The number of hydrogen-bond donors (Lipinski definition) is 0. The number of hydrogen-bond acceptors (Lipinski definition) is 7. The summed E-state index contributed by atoms with van der Waals surface area (Å²) < 4.78 is 31.5. The number of methoxy groups -OCH3 is 1. The minimum atomic E-state index is -0.531. The minimum absolute atomic E-state index is 0.298. The lowest BCUT2D eigenvalue weighted by Crippen LogP contribution is -2.35. The topological polar surface area (TPSA) is 66.3 Å². The predicted molar refractivity (Wildman–Crippen MR) is 114 cm³/mol. The van der Waals surface area contributed by atoms with Crippen LogP contribution in [0.5, 0.6) is 5.75 Å². The molecule has 2 aromatic rings. The molecule has 0 saturated carbocycles. The molecule has 2 heterocycles. The maximum absolute atomic E-state index is 14.5. The molecular formula is C23H24FNO5S. The first-order valence-electron chi connectivity index (χ1n) is 10.1. The van der Waals surface area contributed by atoms with Crippen LogP contribution < -0.4 is 4.74 Å². The van der Waals surface area contributed by atoms with E-state index in [1.807, 2.05) is 24.3 Å². The van der Waals surface area contributed by atoms with Crippen LogP contribution in [0.4, 0.5) is 4.39 Å². The van der Waals surface area contributed by atoms with Gasteiger partial charge >= 0.3 is 5.97 Å². The third-order valence-corrected chi connectivity index (χ3v) is 6.43. The summed E-state index contributed by atoms with van der Waals surface area (Å²) >= 11 is 1.45. The molecule has 0 radical (unpaired) electrons. The maximum atomic E-state index is 14.5. The molecule has 0 bridgehead atoms. The zero-order valence-corrected chi connectivity index (χ0v) is 18.3. The van der Waals surface area contributed by atoms with Gasteiger partial charge in [0.25, 0.3) is 0 Å². The highest BCUT2D eigenvalue weighted by atomic mass is 32.2. The SMILES string of the molecule is COC1(c2cc(F)cc(Sc3ccc4c(c3)OCC/C4=N\OC(C)=O)c2)CCOCC1. The molecule has 0 amide bonds. The van der Waals surface area contributed by atoms with Gasteiger partial charge < -0.3 is 19.0 Å². The van der Waals surface area contributed by atoms with E-state index in [1.54, 1.807) is 13.2 Å². The second-order valence-corrected chi connectivity index (χ2v) is 8.61. The first-order valence-corrected chi connectivity index (χ1v) is 10.9. The van der Waals surface area contributed by atoms with E-state index in [0.29, 0.717) is 50.5 Å². The van der Waals surface area contributed by atoms with Crippen molar-refractivity contribution in [2.24, 2.45) is 5.16 Å². The van der Waals surface area contributed by atoms with Gasteiger partial charge in [-0.2, -0.15) is 0 Å². The average Bonchev–Trinajstić information content (AvgIpc) is 2.77. The van der Waals surface area contributed by atoms with Crippen molar-refractivity contribution >= 4 is 23.4 Å². The van der Waals surface area contributed by atoms with Crippen molar-refractivity contribution in [3.05, 3.63) is 53.3 Å². The first kappa shape index (κ1) is 21.8. The summed E-state index contributed by atoms with van der Waals surface area (Å²) in [5, 5.41) is 3.94. The number of rotatable bonds is 5. The largest absolute Gasteiger partial charge is 0.492 e. The molecule has 0 aliphatic carbocycles. The zero-order chi connectivity index (χ0) is 21.8. The van der Waals surface area contributed by atoms with Gasteiger partial charge in [0.05, 0.1) is 17.9 Å². The van der Waals surface area contributed by atoms with Crippen LogP contribution in [-0.4, -0.2) is 38.6 Å². The van der Waals surface area contributed by atoms with Crippen LogP contribution in [0, 0.1) is 5.82 Å². The van der Waals surface area contributed by atoms with Crippen molar-refractivity contribution < 1.29 is 28.2 Å². The summed E-state index contributed by atoms with van der Waals surface area (Å²) in [7, 11) is 1.67. The van der Waals surface area contributed by atoms with Gasteiger partial charge in [0, 0.05) is 61.9 Å². The van der Waals surface area contributed by atoms with E-state index < -0.39 is 11.6 Å². The minimum Gasteiger partial charge on any atom is -0.492 e. The number of carbonyl (C=O) groups excluding carboxylic acids is 1. The van der Waals surface area contributed by atoms with E-state index in [4.69, 9.17) is 19.0 Å². The van der Waals surface area contributed by atoms with Crippen LogP contribution >= 0.6 is 11.8 Å². The Bertz CT molecular complexity index is 1000. The molecule has 8 heteroatoms. The lowest BCUT2D eigenvalue weighted by atomic mass is 9.86. The molecular weight excluding hydrogens is 421 g/mol. The van der Waals surface area contributed by atoms with Gasteiger partial charge in [0.1, 0.15) is 11.6 Å². The summed E-state index contributed by atoms with van der Waals surface area (Å²) in [4.78, 5) is 17.5. The average molecular weight is 446 g/mol. The molecule has 6 nitrogen and oxygen atoms in total. The number of carbonyl (C=O) groups is 1. The maximum Gasteiger partial charge on any atom is 0.331 e. The highest BCUT2D eigenvalue weighted by Crippen LogP contribution is 2.40. The predicted octanol–water partition coefficient (Wildman–Crippen LogP) is 4.68. The van der Waals surface area contributed by atoms with Gasteiger partial charge in [-0.05, 0) is 42.0 Å². The summed E-state index contributed by atoms with van der Waals surface area (Å²) in [6.45, 7) is 2.94. The van der Waals surface area contributed by atoms with Crippen LogP contribution in [0.3, 0.4) is 0 Å². The first-order chi connectivity index (χ1) is 15.0. The Morgan fingerprint density at radius 2 is 1.94 bits per heavy atom. The number of benzene rings is 2. The molecule has 0 spiro atoms. The molecule has 0 N–H and O–H groups in total. The van der Waals surface area contributed by atoms with Gasteiger partial charge in [0.15, 0.2) is 0 Å². The Kier molecular flexibility index (Phi) is 6.60. The summed E-state index contributed by atoms with van der Waals surface area (Å²) in [6, 6.07) is 10.8. The van der Waals surface area contributed by atoms with E-state index >= 15 is 0 Å². The number of nitrogens with zero attached hydrogens (tertiary/aromatic N) is 1.